The number of hydrogen-bond acceptors (Lipinski definition) is 4. The zero-order valence-corrected chi connectivity index (χ0v) is 12.5. The van der Waals surface area contributed by atoms with E-state index in [2.05, 4.69) is 17.1 Å². The molecule has 5 heteroatoms. The van der Waals surface area contributed by atoms with Crippen LogP contribution < -0.4 is 11.1 Å². The van der Waals surface area contributed by atoms with Gasteiger partial charge in [-0.2, -0.15) is 0 Å². The van der Waals surface area contributed by atoms with E-state index in [0.717, 1.165) is 31.7 Å². The van der Waals surface area contributed by atoms with Crippen LogP contribution in [-0.4, -0.2) is 41.7 Å². The molecule has 2 aromatic rings. The van der Waals surface area contributed by atoms with Crippen molar-refractivity contribution in [2.24, 2.45) is 0 Å². The summed E-state index contributed by atoms with van der Waals surface area (Å²) >= 11 is 0. The van der Waals surface area contributed by atoms with Crippen LogP contribution in [0.15, 0.2) is 33.5 Å². The first kappa shape index (κ1) is 14.4. The van der Waals surface area contributed by atoms with Crippen LogP contribution in [0.3, 0.4) is 0 Å². The highest BCUT2D eigenvalue weighted by Gasteiger charge is 2.20. The molecular weight excluding hydrogens is 266 g/mol. The second-order valence-electron chi connectivity index (χ2n) is 5.60. The standard InChI is InChI=1S/C16H23N3O2/c1-2-18(13-7-9-17-10-8-13)11-12-19-14-5-3-4-6-15(14)21-16(19)20/h3-6,13,17H,2,7-12H2,1H3. The van der Waals surface area contributed by atoms with Crippen molar-refractivity contribution >= 4 is 11.1 Å². The third kappa shape index (κ3) is 3.04. The Hall–Kier alpha value is -1.59. The molecule has 114 valence electrons. The SMILES string of the molecule is CCN(CCn1c(=O)oc2ccccc21)C1CCNCC1. The Balaban J connectivity index is 1.72. The minimum absolute atomic E-state index is 0.252. The van der Waals surface area contributed by atoms with Gasteiger partial charge in [-0.3, -0.25) is 9.47 Å². The van der Waals surface area contributed by atoms with Gasteiger partial charge in [0.25, 0.3) is 0 Å². The maximum Gasteiger partial charge on any atom is 0.419 e. The van der Waals surface area contributed by atoms with Crippen LogP contribution in [0, 0.1) is 0 Å². The fraction of sp³-hybridized carbons (Fsp3) is 0.562. The molecule has 5 nitrogen and oxygen atoms in total. The molecule has 0 amide bonds. The molecule has 1 aliphatic rings. The second-order valence-corrected chi connectivity index (χ2v) is 5.60. The van der Waals surface area contributed by atoms with E-state index in [1.54, 1.807) is 4.57 Å². The highest BCUT2D eigenvalue weighted by Crippen LogP contribution is 2.14. The normalized spacial score (nSPS) is 16.9. The van der Waals surface area contributed by atoms with Crippen LogP contribution in [-0.2, 0) is 6.54 Å². The summed E-state index contributed by atoms with van der Waals surface area (Å²) in [5, 5.41) is 3.40. The van der Waals surface area contributed by atoms with Crippen LogP contribution >= 0.6 is 0 Å². The summed E-state index contributed by atoms with van der Waals surface area (Å²) in [6.07, 6.45) is 2.38. The van der Waals surface area contributed by atoms with Gasteiger partial charge in [0.1, 0.15) is 0 Å². The molecular formula is C16H23N3O2. The maximum atomic E-state index is 12.0. The first-order valence-electron chi connectivity index (χ1n) is 7.82. The zero-order chi connectivity index (χ0) is 14.7. The largest absolute Gasteiger partial charge is 0.419 e. The number of likely N-dealkylation sites (N-methyl/N-ethyl adjacent to an activating group) is 1. The number of benzene rings is 1. The van der Waals surface area contributed by atoms with Crippen molar-refractivity contribution in [3.8, 4) is 0 Å². The maximum absolute atomic E-state index is 12.0. The van der Waals surface area contributed by atoms with Gasteiger partial charge in [0.2, 0.25) is 0 Å². The van der Waals surface area contributed by atoms with Crippen molar-refractivity contribution in [3.63, 3.8) is 0 Å². The smallest absolute Gasteiger partial charge is 0.408 e. The molecule has 0 bridgehead atoms. The molecule has 1 aromatic heterocycles. The van der Waals surface area contributed by atoms with Gasteiger partial charge in [-0.15, -0.1) is 0 Å². The van der Waals surface area contributed by atoms with E-state index in [1.807, 2.05) is 24.3 Å². The number of piperidine rings is 1. The first-order valence-corrected chi connectivity index (χ1v) is 7.82. The summed E-state index contributed by atoms with van der Waals surface area (Å²) in [6, 6.07) is 8.25. The predicted octanol–water partition coefficient (Wildman–Crippen LogP) is 1.67. The molecule has 1 fully saturated rings. The summed E-state index contributed by atoms with van der Waals surface area (Å²) < 4.78 is 7.04. The van der Waals surface area contributed by atoms with E-state index >= 15 is 0 Å². The molecule has 0 unspecified atom stereocenters. The summed E-state index contributed by atoms with van der Waals surface area (Å²) in [5.41, 5.74) is 1.57. The summed E-state index contributed by atoms with van der Waals surface area (Å²) in [7, 11) is 0. The van der Waals surface area contributed by atoms with E-state index < -0.39 is 0 Å². The van der Waals surface area contributed by atoms with Gasteiger partial charge < -0.3 is 9.73 Å². The lowest BCUT2D eigenvalue weighted by Crippen LogP contribution is -2.44. The van der Waals surface area contributed by atoms with Crippen molar-refractivity contribution < 1.29 is 4.42 Å². The molecule has 0 aliphatic carbocycles. The third-order valence-electron chi connectivity index (χ3n) is 4.42. The monoisotopic (exact) mass is 289 g/mol. The second kappa shape index (κ2) is 6.45. The molecule has 0 radical (unpaired) electrons. The molecule has 0 spiro atoms. The lowest BCUT2D eigenvalue weighted by molar-refractivity contribution is 0.163. The van der Waals surface area contributed by atoms with Gasteiger partial charge in [-0.25, -0.2) is 4.79 Å². The molecule has 1 saturated heterocycles. The molecule has 3 rings (SSSR count). The van der Waals surface area contributed by atoms with E-state index in [1.165, 1.54) is 12.8 Å². The first-order chi connectivity index (χ1) is 10.3. The highest BCUT2D eigenvalue weighted by molar-refractivity contribution is 5.72. The number of nitrogens with zero attached hydrogens (tertiary/aromatic N) is 2. The Bertz CT molecular complexity index is 640. The number of nitrogens with one attached hydrogen (secondary N) is 1. The third-order valence-corrected chi connectivity index (χ3v) is 4.42. The topological polar surface area (TPSA) is 50.4 Å². The zero-order valence-electron chi connectivity index (χ0n) is 12.5. The number of fused-ring (bicyclic) bond motifs is 1. The Morgan fingerprint density at radius 2 is 2.10 bits per heavy atom. The van der Waals surface area contributed by atoms with Crippen molar-refractivity contribution in [3.05, 3.63) is 34.8 Å². The van der Waals surface area contributed by atoms with Crippen LogP contribution in [0.4, 0.5) is 0 Å². The van der Waals surface area contributed by atoms with Gasteiger partial charge in [0.05, 0.1) is 5.52 Å². The summed E-state index contributed by atoms with van der Waals surface area (Å²) in [4.78, 5) is 14.5. The molecule has 2 heterocycles. The summed E-state index contributed by atoms with van der Waals surface area (Å²) in [6.45, 7) is 6.98. The highest BCUT2D eigenvalue weighted by atomic mass is 16.4. The Kier molecular flexibility index (Phi) is 4.41. The lowest BCUT2D eigenvalue weighted by Gasteiger charge is -2.33. The molecule has 21 heavy (non-hydrogen) atoms. The van der Waals surface area contributed by atoms with E-state index in [9.17, 15) is 4.79 Å². The van der Waals surface area contributed by atoms with Gasteiger partial charge in [-0.05, 0) is 44.6 Å². The van der Waals surface area contributed by atoms with E-state index in [0.29, 0.717) is 18.2 Å². The number of oxazole rings is 1. The Labute approximate surface area is 124 Å². The minimum Gasteiger partial charge on any atom is -0.408 e. The summed E-state index contributed by atoms with van der Waals surface area (Å²) in [5.74, 6) is -0.252. The molecule has 0 saturated carbocycles. The van der Waals surface area contributed by atoms with Gasteiger partial charge in [0.15, 0.2) is 5.58 Å². The van der Waals surface area contributed by atoms with Crippen molar-refractivity contribution in [1.82, 2.24) is 14.8 Å². The average Bonchev–Trinajstić information content (AvgIpc) is 2.85. The molecule has 0 atom stereocenters. The quantitative estimate of drug-likeness (QED) is 0.909. The van der Waals surface area contributed by atoms with Crippen LogP contribution in [0.2, 0.25) is 0 Å². The Morgan fingerprint density at radius 3 is 2.86 bits per heavy atom. The molecule has 1 aromatic carbocycles. The van der Waals surface area contributed by atoms with Crippen molar-refractivity contribution in [2.75, 3.05) is 26.2 Å². The lowest BCUT2D eigenvalue weighted by atomic mass is 10.0. The average molecular weight is 289 g/mol. The van der Waals surface area contributed by atoms with E-state index in [4.69, 9.17) is 4.42 Å². The van der Waals surface area contributed by atoms with Crippen molar-refractivity contribution in [2.45, 2.75) is 32.4 Å². The van der Waals surface area contributed by atoms with E-state index in [-0.39, 0.29) is 5.76 Å². The number of para-hydroxylation sites is 2. The number of rotatable bonds is 5. The van der Waals surface area contributed by atoms with Gasteiger partial charge in [-0.1, -0.05) is 19.1 Å². The van der Waals surface area contributed by atoms with Gasteiger partial charge in [0, 0.05) is 19.1 Å². The molecule has 1 aliphatic heterocycles. The fourth-order valence-electron chi connectivity index (χ4n) is 3.22. The predicted molar refractivity (Wildman–Crippen MR) is 83.6 cm³/mol. The van der Waals surface area contributed by atoms with Crippen molar-refractivity contribution in [1.29, 1.82) is 0 Å². The van der Waals surface area contributed by atoms with Crippen LogP contribution in [0.1, 0.15) is 19.8 Å². The Morgan fingerprint density at radius 1 is 1.33 bits per heavy atom. The molecule has 1 N–H and O–H groups in total. The van der Waals surface area contributed by atoms with Crippen LogP contribution in [0.25, 0.3) is 11.1 Å². The van der Waals surface area contributed by atoms with Gasteiger partial charge >= 0.3 is 5.76 Å². The minimum atomic E-state index is -0.252. The van der Waals surface area contributed by atoms with Crippen LogP contribution in [0.5, 0.6) is 0 Å². The number of hydrogen-bond donors (Lipinski definition) is 1. The fourth-order valence-corrected chi connectivity index (χ4v) is 3.22. The number of aromatic nitrogens is 1.